The maximum Gasteiger partial charge on any atom is 0.438 e. The quantitative estimate of drug-likeness (QED) is 0.440. The molecule has 0 radical (unpaired) electrons. The van der Waals surface area contributed by atoms with Gasteiger partial charge >= 0.3 is 6.18 Å². The third kappa shape index (κ3) is 4.10. The smallest absolute Gasteiger partial charge is 0.438 e. The van der Waals surface area contributed by atoms with E-state index in [4.69, 9.17) is 14.7 Å². The van der Waals surface area contributed by atoms with E-state index >= 15 is 0 Å². The van der Waals surface area contributed by atoms with E-state index in [1.165, 1.54) is 0 Å². The van der Waals surface area contributed by atoms with Gasteiger partial charge in [0.15, 0.2) is 4.75 Å². The van der Waals surface area contributed by atoms with Crippen molar-refractivity contribution in [1.29, 1.82) is 0 Å². The molecule has 0 aromatic rings. The molecular weight excluding hydrogens is 222 g/mol. The molecule has 0 amide bonds. The van der Waals surface area contributed by atoms with E-state index < -0.39 is 18.2 Å². The lowest BCUT2D eigenvalue weighted by Gasteiger charge is -2.16. The normalized spacial score (nSPS) is 18.6. The van der Waals surface area contributed by atoms with Crippen molar-refractivity contribution < 1.29 is 24.1 Å². The van der Waals surface area contributed by atoms with Gasteiger partial charge in [-0.3, -0.25) is 4.57 Å². The first-order valence-electron chi connectivity index (χ1n) is 3.05. The lowest BCUT2D eigenvalue weighted by molar-refractivity contribution is -0.186. The van der Waals surface area contributed by atoms with Gasteiger partial charge in [-0.15, -0.1) is 0 Å². The largest absolute Gasteiger partial charge is 0.768 e. The Balaban J connectivity index is 5.13. The average molecular weight is 234 g/mol. The Morgan fingerprint density at radius 1 is 1.25 bits per heavy atom. The maximum absolute atomic E-state index is 10.4. The van der Waals surface area contributed by atoms with Crippen molar-refractivity contribution in [3.05, 3.63) is 0 Å². The van der Waals surface area contributed by atoms with E-state index in [-0.39, 0.29) is 0 Å². The molecule has 0 fully saturated rings. The number of hydrogen-bond acceptors (Lipinski definition) is 2. The summed E-state index contributed by atoms with van der Waals surface area (Å²) in [6.45, 7) is 4.86. The molecule has 0 spiro atoms. The van der Waals surface area contributed by atoms with Crippen LogP contribution in [0, 0.1) is 0 Å². The minimum atomic E-state index is -5.03. The molecule has 0 aliphatic heterocycles. The molecule has 0 heterocycles. The zero-order chi connectivity index (χ0) is 10.2. The first-order chi connectivity index (χ1) is 4.96. The van der Waals surface area contributed by atoms with Gasteiger partial charge in [-0.05, 0) is 20.8 Å². The van der Waals surface area contributed by atoms with Gasteiger partial charge in [0.2, 0.25) is 10.9 Å². The average Bonchev–Trinajstić information content (AvgIpc) is 1.52. The van der Waals surface area contributed by atoms with E-state index in [9.17, 15) is 9.46 Å². The summed E-state index contributed by atoms with van der Waals surface area (Å²) < 4.78 is 9.82. The van der Waals surface area contributed by atoms with Crippen LogP contribution in [-0.4, -0.2) is 19.4 Å². The van der Waals surface area contributed by atoms with Gasteiger partial charge in [-0.25, -0.2) is 0 Å². The maximum atomic E-state index is 10.4. The lowest BCUT2D eigenvalue weighted by Crippen LogP contribution is -2.13. The molecule has 0 aromatic heterocycles. The van der Waals surface area contributed by atoms with Crippen LogP contribution in [0.3, 0.4) is 0 Å². The van der Waals surface area contributed by atoms with Crippen LogP contribution in [0.2, 0.25) is 0 Å². The second-order valence-corrected chi connectivity index (χ2v) is 12.7. The molecule has 12 heavy (non-hydrogen) atoms. The molecule has 0 rings (SSSR count). The van der Waals surface area contributed by atoms with Gasteiger partial charge in [-0.2, -0.15) is 0 Å². The van der Waals surface area contributed by atoms with Gasteiger partial charge in [0.25, 0.3) is 7.28 Å². The summed E-state index contributed by atoms with van der Waals surface area (Å²) in [6, 6.07) is 0. The zero-order valence-electron chi connectivity index (χ0n) is 6.96. The molecule has 5 nitrogen and oxygen atoms in total. The molecule has 8 heteroatoms. The van der Waals surface area contributed by atoms with Crippen LogP contribution in [0.15, 0.2) is 0 Å². The van der Waals surface area contributed by atoms with E-state index in [1.807, 2.05) is 0 Å². The molecular formula is C4H12O5P2S. The van der Waals surface area contributed by atoms with Gasteiger partial charge in [0.1, 0.15) is 0 Å². The summed E-state index contributed by atoms with van der Waals surface area (Å²) in [4.78, 5) is 36.9. The van der Waals surface area contributed by atoms with Crippen molar-refractivity contribution in [1.82, 2.24) is 0 Å². The Labute approximate surface area is 74.6 Å². The van der Waals surface area contributed by atoms with Gasteiger partial charge in [0, 0.05) is 0 Å². The first kappa shape index (κ1) is 12.7. The molecule has 0 aliphatic rings. The fourth-order valence-electron chi connectivity index (χ4n) is 0.419. The third-order valence-electron chi connectivity index (χ3n) is 0.726. The van der Waals surface area contributed by atoms with Crippen LogP contribution in [0.4, 0.5) is 0 Å². The van der Waals surface area contributed by atoms with E-state index in [0.29, 0.717) is 10.9 Å². The van der Waals surface area contributed by atoms with Crippen LogP contribution < -0.4 is 4.89 Å². The molecule has 0 bridgehead atoms. The predicted octanol–water partition coefficient (Wildman–Crippen LogP) is 0.0754. The van der Waals surface area contributed by atoms with Crippen LogP contribution in [0.1, 0.15) is 20.8 Å². The molecule has 3 N–H and O–H groups in total. The number of rotatable bonds is 1. The summed E-state index contributed by atoms with van der Waals surface area (Å²) in [5.74, 6) is 0. The molecule has 0 aromatic carbocycles. The summed E-state index contributed by atoms with van der Waals surface area (Å²) in [5, 5.41) is 0. The monoisotopic (exact) mass is 234 g/mol. The fraction of sp³-hybridized carbons (Fsp3) is 1.00. The van der Waals surface area contributed by atoms with Crippen molar-refractivity contribution in [3.8, 4) is 0 Å². The summed E-state index contributed by atoms with van der Waals surface area (Å²) in [6.07, 6.45) is -4.28. The highest BCUT2D eigenvalue weighted by molar-refractivity contribution is 8.50. The summed E-state index contributed by atoms with van der Waals surface area (Å²) in [7, 11) is -4.57. The number of hydrogen-bond donors (Lipinski definition) is 3. The predicted molar refractivity (Wildman–Crippen MR) is 48.3 cm³/mol. The second-order valence-electron chi connectivity index (χ2n) is 3.21. The Morgan fingerprint density at radius 3 is 1.67 bits per heavy atom. The van der Waals surface area contributed by atoms with Gasteiger partial charge < -0.3 is 19.6 Å². The Kier molecular flexibility index (Phi) is 3.67. The third-order valence-corrected chi connectivity index (χ3v) is 9.12. The Morgan fingerprint density at radius 2 is 1.58 bits per heavy atom. The highest BCUT2D eigenvalue weighted by atomic mass is 32.7. The standard InChI is InChI=1S/C4H12O5P2S/c1-4(2,3)12-11(8,9)10(5,6)7/h1-3H3,(H3-,5,6,7,8,9). The van der Waals surface area contributed by atoms with E-state index in [0.717, 1.165) is 0 Å². The van der Waals surface area contributed by atoms with Crippen molar-refractivity contribution in [2.45, 2.75) is 25.5 Å². The van der Waals surface area contributed by atoms with Crippen LogP contribution in [0.5, 0.6) is 0 Å². The molecule has 0 saturated heterocycles. The van der Waals surface area contributed by atoms with E-state index in [2.05, 4.69) is 0 Å². The summed E-state index contributed by atoms with van der Waals surface area (Å²) in [5.41, 5.74) is 0. The van der Waals surface area contributed by atoms with Crippen LogP contribution >= 0.6 is 13.5 Å². The highest BCUT2D eigenvalue weighted by Gasteiger charge is 2.41. The first-order valence-corrected chi connectivity index (χ1v) is 8.45. The van der Waals surface area contributed by atoms with Crippen LogP contribution in [-0.2, 0) is 15.5 Å². The van der Waals surface area contributed by atoms with E-state index in [1.54, 1.807) is 20.8 Å². The minimum Gasteiger partial charge on any atom is -0.768 e. The zero-order valence-corrected chi connectivity index (χ0v) is 9.57. The fourth-order valence-corrected chi connectivity index (χ4v) is 6.90. The lowest BCUT2D eigenvalue weighted by atomic mass is 10.3. The van der Waals surface area contributed by atoms with Gasteiger partial charge in [-0.1, -0.05) is 0 Å². The van der Waals surface area contributed by atoms with Gasteiger partial charge in [0.05, 0.1) is 0 Å². The second kappa shape index (κ2) is 3.46. The topological polar surface area (TPSA) is 101 Å². The summed E-state index contributed by atoms with van der Waals surface area (Å²) >= 11 is 0. The molecule has 0 saturated carbocycles. The molecule has 74 valence electrons. The Hall–Kier alpha value is 0.720. The van der Waals surface area contributed by atoms with Crippen molar-refractivity contribution in [2.24, 2.45) is 0 Å². The molecule has 1 unspecified atom stereocenters. The highest BCUT2D eigenvalue weighted by Crippen LogP contribution is 2.70. The van der Waals surface area contributed by atoms with Crippen LogP contribution in [0.25, 0.3) is 0 Å². The van der Waals surface area contributed by atoms with Crippen molar-refractivity contribution in [2.75, 3.05) is 0 Å². The molecule has 1 atom stereocenters. The van der Waals surface area contributed by atoms with Crippen molar-refractivity contribution in [3.63, 3.8) is 0 Å². The SMILES string of the molecule is CC(C)(C)[S+]=P(O)(O)P(=O)([O-])O. The Bertz CT molecular complexity index is 255. The van der Waals surface area contributed by atoms with Crippen molar-refractivity contribution >= 4 is 24.4 Å². The molecule has 0 aliphatic carbocycles. The minimum absolute atomic E-state index is 0.463.